The van der Waals surface area contributed by atoms with Gasteiger partial charge in [0.25, 0.3) is 0 Å². The lowest BCUT2D eigenvalue weighted by atomic mass is 10.1. The van der Waals surface area contributed by atoms with Crippen molar-refractivity contribution >= 4 is 11.0 Å². The molecule has 0 saturated heterocycles. The first-order valence-electron chi connectivity index (χ1n) is 6.48. The number of nitrogens with two attached hydrogens (primary N) is 1. The number of nitrogens with one attached hydrogen (secondary N) is 1. The number of benzene rings is 1. The van der Waals surface area contributed by atoms with Crippen molar-refractivity contribution in [3.05, 3.63) is 41.7 Å². The van der Waals surface area contributed by atoms with E-state index >= 15 is 0 Å². The Balaban J connectivity index is 1.99. The van der Waals surface area contributed by atoms with Gasteiger partial charge >= 0.3 is 0 Å². The number of aromatic nitrogens is 4. The first kappa shape index (κ1) is 11.9. The molecule has 0 atom stereocenters. The summed E-state index contributed by atoms with van der Waals surface area (Å²) in [6.07, 6.45) is 3.84. The molecule has 3 aromatic rings. The number of H-pyrrole nitrogens is 1. The predicted octanol–water partition coefficient (Wildman–Crippen LogP) is 1.95. The van der Waals surface area contributed by atoms with Crippen molar-refractivity contribution in [1.82, 2.24) is 19.7 Å². The highest BCUT2D eigenvalue weighted by atomic mass is 15.4. The number of hydrogen-bond acceptors (Lipinski definition) is 3. The standard InChI is InChI=1S/C14H17N5/c1-10-11(5-4-8-15)9-16-19(10)14-17-12-6-2-3-7-13(12)18-14/h2-3,6-7,9H,4-5,8,15H2,1H3,(H,17,18). The fourth-order valence-corrected chi connectivity index (χ4v) is 2.23. The van der Waals surface area contributed by atoms with Crippen LogP contribution in [0.5, 0.6) is 0 Å². The molecule has 2 aromatic heterocycles. The topological polar surface area (TPSA) is 72.5 Å². The summed E-state index contributed by atoms with van der Waals surface area (Å²) in [5.74, 6) is 0.762. The number of hydrogen-bond donors (Lipinski definition) is 2. The van der Waals surface area contributed by atoms with E-state index in [9.17, 15) is 0 Å². The molecule has 0 saturated carbocycles. The normalized spacial score (nSPS) is 11.3. The van der Waals surface area contributed by atoms with Crippen LogP contribution >= 0.6 is 0 Å². The molecule has 0 aliphatic rings. The van der Waals surface area contributed by atoms with Crippen LogP contribution < -0.4 is 5.73 Å². The highest BCUT2D eigenvalue weighted by Gasteiger charge is 2.11. The fourth-order valence-electron chi connectivity index (χ4n) is 2.23. The van der Waals surface area contributed by atoms with Gasteiger partial charge in [0.1, 0.15) is 0 Å². The summed E-state index contributed by atoms with van der Waals surface area (Å²) in [4.78, 5) is 7.84. The molecule has 0 radical (unpaired) electrons. The summed E-state index contributed by atoms with van der Waals surface area (Å²) in [6, 6.07) is 7.98. The zero-order chi connectivity index (χ0) is 13.2. The van der Waals surface area contributed by atoms with Gasteiger partial charge in [-0.3, -0.25) is 0 Å². The lowest BCUT2D eigenvalue weighted by Crippen LogP contribution is -2.03. The molecular weight excluding hydrogens is 238 g/mol. The summed E-state index contributed by atoms with van der Waals surface area (Å²) < 4.78 is 1.85. The lowest BCUT2D eigenvalue weighted by Gasteiger charge is -2.01. The van der Waals surface area contributed by atoms with Crippen LogP contribution in [0.2, 0.25) is 0 Å². The number of aryl methyl sites for hydroxylation is 1. The maximum absolute atomic E-state index is 5.55. The minimum absolute atomic E-state index is 0.704. The van der Waals surface area contributed by atoms with E-state index in [4.69, 9.17) is 5.73 Å². The summed E-state index contributed by atoms with van der Waals surface area (Å²) in [5.41, 5.74) is 9.87. The number of nitrogens with zero attached hydrogens (tertiary/aromatic N) is 3. The van der Waals surface area contributed by atoms with Crippen LogP contribution in [0.25, 0.3) is 17.0 Å². The van der Waals surface area contributed by atoms with Crippen molar-refractivity contribution in [3.8, 4) is 5.95 Å². The molecule has 0 amide bonds. The molecule has 98 valence electrons. The van der Waals surface area contributed by atoms with Crippen LogP contribution in [0.4, 0.5) is 0 Å². The van der Waals surface area contributed by atoms with Gasteiger partial charge in [0, 0.05) is 5.69 Å². The molecule has 3 rings (SSSR count). The van der Waals surface area contributed by atoms with Gasteiger partial charge in [0.15, 0.2) is 0 Å². The third-order valence-corrected chi connectivity index (χ3v) is 3.34. The van der Waals surface area contributed by atoms with Crippen LogP contribution in [-0.2, 0) is 6.42 Å². The van der Waals surface area contributed by atoms with E-state index in [-0.39, 0.29) is 0 Å². The van der Waals surface area contributed by atoms with E-state index in [1.165, 1.54) is 5.56 Å². The highest BCUT2D eigenvalue weighted by Crippen LogP contribution is 2.16. The first-order chi connectivity index (χ1) is 9.29. The molecule has 0 aliphatic heterocycles. The van der Waals surface area contributed by atoms with Gasteiger partial charge in [-0.25, -0.2) is 9.67 Å². The summed E-state index contributed by atoms with van der Waals surface area (Å²) in [5, 5.41) is 4.42. The maximum atomic E-state index is 5.55. The van der Waals surface area contributed by atoms with Gasteiger partial charge in [-0.05, 0) is 44.0 Å². The molecule has 0 spiro atoms. The van der Waals surface area contributed by atoms with Crippen molar-refractivity contribution in [2.45, 2.75) is 19.8 Å². The number of aromatic amines is 1. The van der Waals surface area contributed by atoms with Gasteiger partial charge in [-0.1, -0.05) is 12.1 Å². The summed E-state index contributed by atoms with van der Waals surface area (Å²) in [6.45, 7) is 2.77. The zero-order valence-electron chi connectivity index (χ0n) is 10.9. The smallest absolute Gasteiger partial charge is 0.229 e. The maximum Gasteiger partial charge on any atom is 0.229 e. The average molecular weight is 255 g/mol. The first-order valence-corrected chi connectivity index (χ1v) is 6.48. The van der Waals surface area contributed by atoms with Crippen LogP contribution in [0.15, 0.2) is 30.5 Å². The Labute approximate surface area is 111 Å². The van der Waals surface area contributed by atoms with Crippen molar-refractivity contribution in [2.24, 2.45) is 5.73 Å². The largest absolute Gasteiger partial charge is 0.330 e. The van der Waals surface area contributed by atoms with Crippen LogP contribution in [0.1, 0.15) is 17.7 Å². The Morgan fingerprint density at radius 2 is 2.16 bits per heavy atom. The highest BCUT2D eigenvalue weighted by molar-refractivity contribution is 5.75. The van der Waals surface area contributed by atoms with Gasteiger partial charge in [-0.2, -0.15) is 5.10 Å². The SMILES string of the molecule is Cc1c(CCCN)cnn1-c1nc2ccccc2[nH]1. The monoisotopic (exact) mass is 255 g/mol. The number of para-hydroxylation sites is 2. The second-order valence-corrected chi connectivity index (χ2v) is 4.64. The van der Waals surface area contributed by atoms with E-state index < -0.39 is 0 Å². The van der Waals surface area contributed by atoms with E-state index in [0.29, 0.717) is 6.54 Å². The molecule has 19 heavy (non-hydrogen) atoms. The molecule has 2 heterocycles. The van der Waals surface area contributed by atoms with Crippen molar-refractivity contribution in [3.63, 3.8) is 0 Å². The van der Waals surface area contributed by atoms with Gasteiger partial charge < -0.3 is 10.7 Å². The minimum atomic E-state index is 0.704. The zero-order valence-corrected chi connectivity index (χ0v) is 10.9. The molecule has 3 N–H and O–H groups in total. The van der Waals surface area contributed by atoms with Crippen molar-refractivity contribution < 1.29 is 0 Å². The van der Waals surface area contributed by atoms with E-state index in [1.54, 1.807) is 0 Å². The molecule has 0 aliphatic carbocycles. The van der Waals surface area contributed by atoms with Crippen LogP contribution in [0, 0.1) is 6.92 Å². The van der Waals surface area contributed by atoms with Crippen molar-refractivity contribution in [2.75, 3.05) is 6.54 Å². The van der Waals surface area contributed by atoms with Gasteiger partial charge in [0.2, 0.25) is 5.95 Å². The molecule has 0 fully saturated rings. The van der Waals surface area contributed by atoms with E-state index in [1.807, 2.05) is 35.1 Å². The van der Waals surface area contributed by atoms with E-state index in [0.717, 1.165) is 35.5 Å². The lowest BCUT2D eigenvalue weighted by molar-refractivity contribution is 0.790. The van der Waals surface area contributed by atoms with Crippen LogP contribution in [-0.4, -0.2) is 26.3 Å². The average Bonchev–Trinajstić information content (AvgIpc) is 2.99. The number of imidazole rings is 1. The molecule has 0 bridgehead atoms. The summed E-state index contributed by atoms with van der Waals surface area (Å²) in [7, 11) is 0. The molecule has 0 unspecified atom stereocenters. The second kappa shape index (κ2) is 4.85. The summed E-state index contributed by atoms with van der Waals surface area (Å²) >= 11 is 0. The Hall–Kier alpha value is -2.14. The van der Waals surface area contributed by atoms with E-state index in [2.05, 4.69) is 22.0 Å². The minimum Gasteiger partial charge on any atom is -0.330 e. The third kappa shape index (κ3) is 2.13. The fraction of sp³-hybridized carbons (Fsp3) is 0.286. The van der Waals surface area contributed by atoms with Gasteiger partial charge in [0.05, 0.1) is 17.2 Å². The Morgan fingerprint density at radius 3 is 2.95 bits per heavy atom. The number of fused-ring (bicyclic) bond motifs is 1. The Morgan fingerprint density at radius 1 is 1.32 bits per heavy atom. The van der Waals surface area contributed by atoms with Gasteiger partial charge in [-0.15, -0.1) is 0 Å². The Kier molecular flexibility index (Phi) is 3.05. The van der Waals surface area contributed by atoms with Crippen molar-refractivity contribution in [1.29, 1.82) is 0 Å². The quantitative estimate of drug-likeness (QED) is 0.748. The predicted molar refractivity (Wildman–Crippen MR) is 75.3 cm³/mol. The second-order valence-electron chi connectivity index (χ2n) is 4.64. The van der Waals surface area contributed by atoms with Crippen LogP contribution in [0.3, 0.4) is 0 Å². The Bertz CT molecular complexity index is 662. The molecule has 5 nitrogen and oxygen atoms in total. The molecule has 5 heteroatoms. The number of rotatable bonds is 4. The molecular formula is C14H17N5. The third-order valence-electron chi connectivity index (χ3n) is 3.34. The molecule has 1 aromatic carbocycles.